The third-order valence-corrected chi connectivity index (χ3v) is 6.58. The lowest BCUT2D eigenvalue weighted by molar-refractivity contribution is -0.0386. The summed E-state index contributed by atoms with van der Waals surface area (Å²) in [5, 5.41) is 0. The van der Waals surface area contributed by atoms with Crippen LogP contribution in [0.25, 0.3) is 0 Å². The van der Waals surface area contributed by atoms with Crippen molar-refractivity contribution in [1.29, 1.82) is 0 Å². The number of hydrogen-bond donors (Lipinski definition) is 1. The SMILES string of the molecule is Nc1ccc(OCCOCCOCCOCCOCCOC(c2ccccc2)(c2ccccc2)c2ccccc2)cc1. The highest BCUT2D eigenvalue weighted by atomic mass is 16.6. The fourth-order valence-electron chi connectivity index (χ4n) is 4.57. The van der Waals surface area contributed by atoms with Gasteiger partial charge in [-0.15, -0.1) is 0 Å². The molecule has 7 nitrogen and oxygen atoms in total. The molecule has 0 unspecified atom stereocenters. The molecule has 0 aliphatic rings. The number of nitrogen functional groups attached to an aromatic ring is 1. The molecule has 4 rings (SSSR count). The highest BCUT2D eigenvalue weighted by molar-refractivity contribution is 5.47. The van der Waals surface area contributed by atoms with Gasteiger partial charge in [-0.05, 0) is 41.0 Å². The van der Waals surface area contributed by atoms with Crippen LogP contribution in [-0.4, -0.2) is 66.1 Å². The molecule has 2 N–H and O–H groups in total. The molecule has 0 saturated carbocycles. The Hall–Kier alpha value is -3.72. The predicted molar refractivity (Wildman–Crippen MR) is 165 cm³/mol. The maximum absolute atomic E-state index is 6.71. The molecule has 0 bridgehead atoms. The maximum Gasteiger partial charge on any atom is 0.143 e. The summed E-state index contributed by atoms with van der Waals surface area (Å²) in [7, 11) is 0. The summed E-state index contributed by atoms with van der Waals surface area (Å²) in [6.45, 7) is 4.83. The van der Waals surface area contributed by atoms with E-state index < -0.39 is 5.60 Å². The first-order valence-corrected chi connectivity index (χ1v) is 14.4. The second-order valence-corrected chi connectivity index (χ2v) is 9.49. The van der Waals surface area contributed by atoms with Crippen molar-refractivity contribution in [2.24, 2.45) is 0 Å². The van der Waals surface area contributed by atoms with E-state index in [1.807, 2.05) is 78.9 Å². The molecule has 4 aromatic carbocycles. The van der Waals surface area contributed by atoms with E-state index in [2.05, 4.69) is 36.4 Å². The van der Waals surface area contributed by atoms with Crippen molar-refractivity contribution in [3.63, 3.8) is 0 Å². The molecule has 0 atom stereocenters. The van der Waals surface area contributed by atoms with Gasteiger partial charge in [0, 0.05) is 5.69 Å². The minimum atomic E-state index is -0.741. The molecular formula is C35H41NO6. The lowest BCUT2D eigenvalue weighted by Gasteiger charge is -2.36. The van der Waals surface area contributed by atoms with Gasteiger partial charge < -0.3 is 34.2 Å². The zero-order valence-corrected chi connectivity index (χ0v) is 24.1. The minimum Gasteiger partial charge on any atom is -0.491 e. The van der Waals surface area contributed by atoms with Crippen LogP contribution in [0.5, 0.6) is 5.75 Å². The zero-order chi connectivity index (χ0) is 29.1. The molecule has 42 heavy (non-hydrogen) atoms. The Morgan fingerprint density at radius 3 is 1.17 bits per heavy atom. The van der Waals surface area contributed by atoms with Gasteiger partial charge >= 0.3 is 0 Å². The van der Waals surface area contributed by atoms with Crippen LogP contribution in [0.3, 0.4) is 0 Å². The Bertz CT molecular complexity index is 1140. The molecule has 0 radical (unpaired) electrons. The average Bonchev–Trinajstić information content (AvgIpc) is 3.05. The quantitative estimate of drug-likeness (QED) is 0.0825. The molecule has 0 heterocycles. The van der Waals surface area contributed by atoms with E-state index in [4.69, 9.17) is 34.2 Å². The Kier molecular flexibility index (Phi) is 13.3. The van der Waals surface area contributed by atoms with Gasteiger partial charge in [-0.1, -0.05) is 91.0 Å². The first-order valence-electron chi connectivity index (χ1n) is 14.4. The van der Waals surface area contributed by atoms with Crippen molar-refractivity contribution in [2.45, 2.75) is 5.60 Å². The average molecular weight is 572 g/mol. The van der Waals surface area contributed by atoms with Gasteiger partial charge in [0.05, 0.1) is 59.5 Å². The normalized spacial score (nSPS) is 11.4. The first kappa shape index (κ1) is 31.2. The number of ether oxygens (including phenoxy) is 6. The molecule has 0 aliphatic carbocycles. The number of benzene rings is 4. The summed E-state index contributed by atoms with van der Waals surface area (Å²) in [5.74, 6) is 0.775. The number of rotatable bonds is 20. The number of nitrogens with two attached hydrogens (primary N) is 1. The number of anilines is 1. The van der Waals surface area contributed by atoms with Gasteiger partial charge in [0.25, 0.3) is 0 Å². The molecule has 0 spiro atoms. The highest BCUT2D eigenvalue weighted by Gasteiger charge is 2.37. The molecule has 0 amide bonds. The lowest BCUT2D eigenvalue weighted by atomic mass is 9.80. The lowest BCUT2D eigenvalue weighted by Crippen LogP contribution is -2.34. The fourth-order valence-corrected chi connectivity index (χ4v) is 4.57. The van der Waals surface area contributed by atoms with Crippen LogP contribution in [0.15, 0.2) is 115 Å². The molecular weight excluding hydrogens is 530 g/mol. The smallest absolute Gasteiger partial charge is 0.143 e. The van der Waals surface area contributed by atoms with Crippen LogP contribution in [0, 0.1) is 0 Å². The minimum absolute atomic E-state index is 0.423. The van der Waals surface area contributed by atoms with Gasteiger partial charge in [-0.3, -0.25) is 0 Å². The van der Waals surface area contributed by atoms with Crippen LogP contribution in [0.1, 0.15) is 16.7 Å². The van der Waals surface area contributed by atoms with Crippen molar-refractivity contribution in [1.82, 2.24) is 0 Å². The van der Waals surface area contributed by atoms with Gasteiger partial charge in [-0.25, -0.2) is 0 Å². The Morgan fingerprint density at radius 1 is 0.405 bits per heavy atom. The third kappa shape index (κ3) is 9.69. The first-order chi connectivity index (χ1) is 20.8. The van der Waals surface area contributed by atoms with E-state index in [-0.39, 0.29) is 0 Å². The van der Waals surface area contributed by atoms with E-state index in [0.717, 1.165) is 22.4 Å². The highest BCUT2D eigenvalue weighted by Crippen LogP contribution is 2.40. The van der Waals surface area contributed by atoms with E-state index in [9.17, 15) is 0 Å². The molecule has 4 aromatic rings. The molecule has 0 aromatic heterocycles. The fraction of sp³-hybridized carbons (Fsp3) is 0.314. The van der Waals surface area contributed by atoms with E-state index in [1.165, 1.54) is 0 Å². The van der Waals surface area contributed by atoms with E-state index in [1.54, 1.807) is 0 Å². The zero-order valence-electron chi connectivity index (χ0n) is 24.1. The molecule has 7 heteroatoms. The summed E-state index contributed by atoms with van der Waals surface area (Å²) < 4.78 is 34.8. The van der Waals surface area contributed by atoms with Crippen LogP contribution >= 0.6 is 0 Å². The van der Waals surface area contributed by atoms with Crippen LogP contribution < -0.4 is 10.5 Å². The Morgan fingerprint density at radius 2 is 0.762 bits per heavy atom. The van der Waals surface area contributed by atoms with E-state index in [0.29, 0.717) is 71.8 Å². The maximum atomic E-state index is 6.71. The monoisotopic (exact) mass is 571 g/mol. The van der Waals surface area contributed by atoms with Crippen molar-refractivity contribution in [3.05, 3.63) is 132 Å². The second-order valence-electron chi connectivity index (χ2n) is 9.49. The predicted octanol–water partition coefficient (Wildman–Crippen LogP) is 5.72. The van der Waals surface area contributed by atoms with Crippen molar-refractivity contribution in [3.8, 4) is 5.75 Å². The van der Waals surface area contributed by atoms with Crippen LogP contribution in [-0.2, 0) is 29.3 Å². The Balaban J connectivity index is 1.09. The van der Waals surface area contributed by atoms with Gasteiger partial charge in [0.15, 0.2) is 0 Å². The van der Waals surface area contributed by atoms with Crippen molar-refractivity contribution >= 4 is 5.69 Å². The summed E-state index contributed by atoms with van der Waals surface area (Å²) in [6, 6.07) is 38.3. The standard InChI is InChI=1S/C35H41NO6/c36-33-16-18-34(19-17-33)41-28-26-39-24-22-37-20-21-38-23-25-40-27-29-42-35(30-10-4-1-5-11-30,31-12-6-2-7-13-31)32-14-8-3-9-15-32/h1-19H,20-29,36H2. The summed E-state index contributed by atoms with van der Waals surface area (Å²) in [6.07, 6.45) is 0. The summed E-state index contributed by atoms with van der Waals surface area (Å²) in [5.41, 5.74) is 8.85. The molecule has 0 saturated heterocycles. The van der Waals surface area contributed by atoms with Crippen LogP contribution in [0.4, 0.5) is 5.69 Å². The largest absolute Gasteiger partial charge is 0.491 e. The van der Waals surface area contributed by atoms with Crippen molar-refractivity contribution < 1.29 is 28.4 Å². The second kappa shape index (κ2) is 18.0. The van der Waals surface area contributed by atoms with Crippen molar-refractivity contribution in [2.75, 3.05) is 71.8 Å². The van der Waals surface area contributed by atoms with Gasteiger partial charge in [0.1, 0.15) is 18.0 Å². The number of hydrogen-bond acceptors (Lipinski definition) is 7. The molecule has 222 valence electrons. The van der Waals surface area contributed by atoms with Crippen LogP contribution in [0.2, 0.25) is 0 Å². The van der Waals surface area contributed by atoms with Gasteiger partial charge in [-0.2, -0.15) is 0 Å². The van der Waals surface area contributed by atoms with Gasteiger partial charge in [0.2, 0.25) is 0 Å². The molecule has 0 aliphatic heterocycles. The summed E-state index contributed by atoms with van der Waals surface area (Å²) >= 11 is 0. The van der Waals surface area contributed by atoms with E-state index >= 15 is 0 Å². The third-order valence-electron chi connectivity index (χ3n) is 6.58. The Labute approximate surface area is 249 Å². The summed E-state index contributed by atoms with van der Waals surface area (Å²) in [4.78, 5) is 0. The molecule has 0 fully saturated rings. The topological polar surface area (TPSA) is 81.4 Å².